The molecule has 1 saturated heterocycles. The summed E-state index contributed by atoms with van der Waals surface area (Å²) in [6.07, 6.45) is 1.32. The molecule has 0 aromatic rings. The first kappa shape index (κ1) is 24.6. The number of Topliss-reactive ketones (excluding diaryl/α,β-unsaturated/α-hetero) is 1. The molecular weight excluding hydrogens is 380 g/mol. The number of hydrogen-bond acceptors (Lipinski definition) is 7. The summed E-state index contributed by atoms with van der Waals surface area (Å²) in [4.78, 5) is 35.2. The van der Waals surface area contributed by atoms with Gasteiger partial charge in [-0.25, -0.2) is 9.59 Å². The molecule has 1 rings (SSSR count). The van der Waals surface area contributed by atoms with Crippen molar-refractivity contribution in [3.8, 4) is 0 Å². The highest BCUT2D eigenvalue weighted by Crippen LogP contribution is 2.25. The van der Waals surface area contributed by atoms with Crippen molar-refractivity contribution in [3.05, 3.63) is 35.6 Å². The number of hydrogen-bond donors (Lipinski definition) is 4. The largest absolute Gasteiger partial charge is 0.511 e. The van der Waals surface area contributed by atoms with Gasteiger partial charge >= 0.3 is 11.9 Å². The van der Waals surface area contributed by atoms with Crippen molar-refractivity contribution in [1.82, 2.24) is 0 Å². The molecule has 0 radical (unpaired) electrons. The van der Waals surface area contributed by atoms with Crippen LogP contribution in [0.3, 0.4) is 0 Å². The molecule has 4 N–H and O–H groups in total. The Hall–Kier alpha value is -2.45. The first-order valence-electron chi connectivity index (χ1n) is 9.58. The highest BCUT2D eigenvalue weighted by molar-refractivity contribution is 6.19. The molecule has 0 aromatic carbocycles. The van der Waals surface area contributed by atoms with Crippen molar-refractivity contribution in [2.24, 2.45) is 5.92 Å². The fraction of sp³-hybridized carbons (Fsp3) is 0.571. The van der Waals surface area contributed by atoms with E-state index in [9.17, 15) is 34.8 Å². The van der Waals surface area contributed by atoms with Crippen molar-refractivity contribution in [2.45, 2.75) is 70.7 Å². The minimum absolute atomic E-state index is 0.00405. The normalized spacial score (nSPS) is 23.3. The molecule has 1 aliphatic rings. The van der Waals surface area contributed by atoms with Gasteiger partial charge in [-0.3, -0.25) is 4.79 Å². The van der Waals surface area contributed by atoms with E-state index >= 15 is 0 Å². The van der Waals surface area contributed by atoms with E-state index in [4.69, 9.17) is 4.74 Å². The number of rotatable bonds is 10. The van der Waals surface area contributed by atoms with Crippen molar-refractivity contribution in [3.63, 3.8) is 0 Å². The standard InChI is InChI=1S/C21H30O8/c1-5-13(3)18(24)21(28,20(26)27)10-6-7-12(2)8-9-15(22)17-16(23)11-14(4)29-19(17)25/h6,10,13-14,18,22,24,28H,2,5,7-9,11H2,1,3-4H3,(H,26,27)/t13-,14+,18-,21-/m0/s1. The molecule has 0 aliphatic carbocycles. The predicted molar refractivity (Wildman–Crippen MR) is 105 cm³/mol. The summed E-state index contributed by atoms with van der Waals surface area (Å²) in [5.41, 5.74) is -2.19. The van der Waals surface area contributed by atoms with Crippen LogP contribution < -0.4 is 0 Å². The van der Waals surface area contributed by atoms with E-state index in [1.165, 1.54) is 6.08 Å². The Bertz CT molecular complexity index is 700. The minimum Gasteiger partial charge on any atom is -0.511 e. The van der Waals surface area contributed by atoms with Gasteiger partial charge < -0.3 is 25.2 Å². The molecule has 0 aromatic heterocycles. The molecular formula is C21H30O8. The van der Waals surface area contributed by atoms with Crippen LogP contribution in [0.5, 0.6) is 0 Å². The van der Waals surface area contributed by atoms with Crippen molar-refractivity contribution < 1.29 is 39.5 Å². The molecule has 8 heteroatoms. The van der Waals surface area contributed by atoms with E-state index in [0.717, 1.165) is 6.08 Å². The van der Waals surface area contributed by atoms with Gasteiger partial charge in [-0.2, -0.15) is 0 Å². The number of carbonyl (C=O) groups is 3. The lowest BCUT2D eigenvalue weighted by atomic mass is 9.85. The summed E-state index contributed by atoms with van der Waals surface area (Å²) in [6.45, 7) is 8.81. The van der Waals surface area contributed by atoms with Crippen LogP contribution in [0.25, 0.3) is 0 Å². The first-order valence-corrected chi connectivity index (χ1v) is 9.58. The van der Waals surface area contributed by atoms with Gasteiger partial charge in [0.05, 0.1) is 6.10 Å². The van der Waals surface area contributed by atoms with E-state index in [2.05, 4.69) is 6.58 Å². The summed E-state index contributed by atoms with van der Waals surface area (Å²) in [5.74, 6) is -3.67. The predicted octanol–water partition coefficient (Wildman–Crippen LogP) is 2.21. The van der Waals surface area contributed by atoms with E-state index in [0.29, 0.717) is 12.0 Å². The fourth-order valence-corrected chi connectivity index (χ4v) is 2.92. The average molecular weight is 410 g/mol. The molecule has 29 heavy (non-hydrogen) atoms. The van der Waals surface area contributed by atoms with Crippen LogP contribution in [-0.4, -0.2) is 56.0 Å². The summed E-state index contributed by atoms with van der Waals surface area (Å²) >= 11 is 0. The molecule has 8 nitrogen and oxygen atoms in total. The molecule has 0 amide bonds. The molecule has 0 spiro atoms. The number of aliphatic hydroxyl groups excluding tert-OH is 2. The number of aliphatic hydroxyl groups is 3. The number of carboxylic acids is 1. The molecule has 162 valence electrons. The first-order chi connectivity index (χ1) is 13.4. The second-order valence-corrected chi connectivity index (χ2v) is 7.48. The topological polar surface area (TPSA) is 141 Å². The quantitative estimate of drug-likeness (QED) is 0.141. The van der Waals surface area contributed by atoms with E-state index < -0.39 is 41.4 Å². The molecule has 0 unspecified atom stereocenters. The van der Waals surface area contributed by atoms with E-state index in [1.54, 1.807) is 20.8 Å². The Balaban J connectivity index is 2.73. The van der Waals surface area contributed by atoms with Crippen LogP contribution in [0.4, 0.5) is 0 Å². The third-order valence-corrected chi connectivity index (χ3v) is 5.02. The van der Waals surface area contributed by atoms with Crippen LogP contribution in [-0.2, 0) is 19.1 Å². The van der Waals surface area contributed by atoms with Crippen LogP contribution >= 0.6 is 0 Å². The van der Waals surface area contributed by atoms with Crippen LogP contribution in [0.2, 0.25) is 0 Å². The second kappa shape index (κ2) is 10.4. The molecule has 0 saturated carbocycles. The lowest BCUT2D eigenvalue weighted by Crippen LogP contribution is -2.50. The number of carboxylic acid groups (broad SMARTS) is 1. The fourth-order valence-electron chi connectivity index (χ4n) is 2.92. The number of ketones is 1. The highest BCUT2D eigenvalue weighted by Gasteiger charge is 2.43. The number of allylic oxidation sites excluding steroid dienone is 3. The molecule has 1 heterocycles. The van der Waals surface area contributed by atoms with Gasteiger partial charge in [-0.15, -0.1) is 0 Å². The van der Waals surface area contributed by atoms with Crippen LogP contribution in [0.1, 0.15) is 52.9 Å². The number of esters is 1. The Morgan fingerprint density at radius 3 is 2.48 bits per heavy atom. The maximum absolute atomic E-state index is 11.9. The molecule has 1 fully saturated rings. The number of aliphatic carboxylic acids is 1. The van der Waals surface area contributed by atoms with Crippen molar-refractivity contribution in [1.29, 1.82) is 0 Å². The summed E-state index contributed by atoms with van der Waals surface area (Å²) in [5, 5.41) is 39.9. The number of ether oxygens (including phenoxy) is 1. The maximum atomic E-state index is 11.9. The SMILES string of the molecule is C=C(CC=C[C@@](O)(C(=O)O)[C@@H](O)[C@@H](C)CC)CCC(O)=C1C(=O)C[C@@H](C)OC1=O. The third-order valence-electron chi connectivity index (χ3n) is 5.02. The lowest BCUT2D eigenvalue weighted by molar-refractivity contribution is -0.167. The smallest absolute Gasteiger partial charge is 0.345 e. The second-order valence-electron chi connectivity index (χ2n) is 7.48. The Kier molecular flexibility index (Phi) is 8.79. The summed E-state index contributed by atoms with van der Waals surface area (Å²) in [7, 11) is 0. The van der Waals surface area contributed by atoms with Crippen LogP contribution in [0.15, 0.2) is 35.6 Å². The third kappa shape index (κ3) is 6.27. The monoisotopic (exact) mass is 410 g/mol. The Labute approximate surface area is 170 Å². The van der Waals surface area contributed by atoms with Gasteiger partial charge in [0.15, 0.2) is 5.78 Å². The summed E-state index contributed by atoms with van der Waals surface area (Å²) < 4.78 is 4.95. The molecule has 1 aliphatic heterocycles. The lowest BCUT2D eigenvalue weighted by Gasteiger charge is -2.29. The van der Waals surface area contributed by atoms with Gasteiger partial charge in [0.1, 0.15) is 17.4 Å². The van der Waals surface area contributed by atoms with Gasteiger partial charge in [0.2, 0.25) is 5.60 Å². The minimum atomic E-state index is -2.42. The molecule has 0 bridgehead atoms. The van der Waals surface area contributed by atoms with Gasteiger partial charge in [0, 0.05) is 12.8 Å². The van der Waals surface area contributed by atoms with E-state index in [1.807, 2.05) is 0 Å². The van der Waals surface area contributed by atoms with Gasteiger partial charge in [-0.05, 0) is 31.8 Å². The Morgan fingerprint density at radius 2 is 1.97 bits per heavy atom. The van der Waals surface area contributed by atoms with Gasteiger partial charge in [0.25, 0.3) is 0 Å². The number of cyclic esters (lactones) is 1. The summed E-state index contributed by atoms with van der Waals surface area (Å²) in [6, 6.07) is 0. The maximum Gasteiger partial charge on any atom is 0.345 e. The zero-order valence-corrected chi connectivity index (χ0v) is 17.1. The number of carbonyl (C=O) groups excluding carboxylic acids is 2. The zero-order valence-electron chi connectivity index (χ0n) is 17.1. The van der Waals surface area contributed by atoms with Gasteiger partial charge in [-0.1, -0.05) is 38.5 Å². The molecule has 4 atom stereocenters. The van der Waals surface area contributed by atoms with Crippen molar-refractivity contribution >= 4 is 17.7 Å². The highest BCUT2D eigenvalue weighted by atomic mass is 16.5. The van der Waals surface area contributed by atoms with Crippen molar-refractivity contribution in [2.75, 3.05) is 0 Å². The van der Waals surface area contributed by atoms with E-state index in [-0.39, 0.29) is 37.0 Å². The van der Waals surface area contributed by atoms with Crippen LogP contribution in [0, 0.1) is 5.92 Å². The Morgan fingerprint density at radius 1 is 1.34 bits per heavy atom. The average Bonchev–Trinajstić information content (AvgIpc) is 2.63. The zero-order chi connectivity index (χ0) is 22.4.